The third-order valence-corrected chi connectivity index (χ3v) is 3.42. The molecule has 1 aliphatic heterocycles. The van der Waals surface area contributed by atoms with Crippen molar-refractivity contribution in [3.05, 3.63) is 29.8 Å². The summed E-state index contributed by atoms with van der Waals surface area (Å²) in [7, 11) is 1.74. The number of phenols is 1. The van der Waals surface area contributed by atoms with Crippen LogP contribution < -0.4 is 0 Å². The van der Waals surface area contributed by atoms with Crippen LogP contribution >= 0.6 is 0 Å². The number of carbonyl (C=O) groups excluding carboxylic acids is 1. The number of benzene rings is 1. The SMILES string of the molecule is COC1CCN(CC(=O)c2ccc(O)cc2)CC1. The van der Waals surface area contributed by atoms with Gasteiger partial charge < -0.3 is 9.84 Å². The van der Waals surface area contributed by atoms with E-state index >= 15 is 0 Å². The lowest BCUT2D eigenvalue weighted by molar-refractivity contribution is 0.0401. The van der Waals surface area contributed by atoms with Crippen LogP contribution in [0.2, 0.25) is 0 Å². The van der Waals surface area contributed by atoms with Crippen molar-refractivity contribution in [3.8, 4) is 5.75 Å². The molecular formula is C14H19NO3. The first-order chi connectivity index (χ1) is 8.69. The van der Waals surface area contributed by atoms with Gasteiger partial charge in [0.25, 0.3) is 0 Å². The molecule has 4 heteroatoms. The van der Waals surface area contributed by atoms with E-state index in [1.54, 1.807) is 31.4 Å². The quantitative estimate of drug-likeness (QED) is 0.825. The molecule has 1 N–H and O–H groups in total. The third-order valence-electron chi connectivity index (χ3n) is 3.42. The maximum Gasteiger partial charge on any atom is 0.176 e. The molecule has 4 nitrogen and oxygen atoms in total. The average molecular weight is 249 g/mol. The molecule has 0 radical (unpaired) electrons. The van der Waals surface area contributed by atoms with Crippen LogP contribution in [-0.2, 0) is 4.74 Å². The van der Waals surface area contributed by atoms with Crippen LogP contribution in [0.4, 0.5) is 0 Å². The third kappa shape index (κ3) is 3.31. The number of Topliss-reactive ketones (excluding diaryl/α,β-unsaturated/α-hetero) is 1. The summed E-state index contributed by atoms with van der Waals surface area (Å²) in [6.45, 7) is 2.26. The predicted octanol–water partition coefficient (Wildman–Crippen LogP) is 1.69. The van der Waals surface area contributed by atoms with Crippen LogP contribution in [-0.4, -0.2) is 48.6 Å². The van der Waals surface area contributed by atoms with E-state index in [0.29, 0.717) is 18.2 Å². The van der Waals surface area contributed by atoms with Crippen molar-refractivity contribution in [3.63, 3.8) is 0 Å². The molecule has 1 aromatic rings. The fourth-order valence-electron chi connectivity index (χ4n) is 2.24. The van der Waals surface area contributed by atoms with E-state index < -0.39 is 0 Å². The highest BCUT2D eigenvalue weighted by molar-refractivity contribution is 5.97. The zero-order valence-electron chi connectivity index (χ0n) is 10.6. The van der Waals surface area contributed by atoms with Crippen LogP contribution in [0.15, 0.2) is 24.3 Å². The van der Waals surface area contributed by atoms with Gasteiger partial charge in [0, 0.05) is 25.8 Å². The molecule has 0 bridgehead atoms. The lowest BCUT2D eigenvalue weighted by Crippen LogP contribution is -2.39. The van der Waals surface area contributed by atoms with E-state index in [-0.39, 0.29) is 11.5 Å². The van der Waals surface area contributed by atoms with Crippen molar-refractivity contribution < 1.29 is 14.6 Å². The van der Waals surface area contributed by atoms with E-state index in [9.17, 15) is 9.90 Å². The number of aromatic hydroxyl groups is 1. The number of carbonyl (C=O) groups is 1. The predicted molar refractivity (Wildman–Crippen MR) is 68.9 cm³/mol. The molecule has 1 aromatic carbocycles. The zero-order chi connectivity index (χ0) is 13.0. The summed E-state index contributed by atoms with van der Waals surface area (Å²) >= 11 is 0. The van der Waals surface area contributed by atoms with Gasteiger partial charge in [0.05, 0.1) is 12.6 Å². The Bertz CT molecular complexity index is 394. The normalized spacial score (nSPS) is 17.8. The topological polar surface area (TPSA) is 49.8 Å². The van der Waals surface area contributed by atoms with Gasteiger partial charge in [-0.25, -0.2) is 0 Å². The Morgan fingerprint density at radius 2 is 1.94 bits per heavy atom. The van der Waals surface area contributed by atoms with Gasteiger partial charge in [-0.2, -0.15) is 0 Å². The van der Waals surface area contributed by atoms with Crippen molar-refractivity contribution in [2.24, 2.45) is 0 Å². The number of phenolic OH excluding ortho intramolecular Hbond substituents is 1. The van der Waals surface area contributed by atoms with Crippen LogP contribution in [0, 0.1) is 0 Å². The molecule has 0 aliphatic carbocycles. The second-order valence-electron chi connectivity index (χ2n) is 4.68. The minimum atomic E-state index is 0.103. The van der Waals surface area contributed by atoms with Gasteiger partial charge in [-0.3, -0.25) is 9.69 Å². The number of likely N-dealkylation sites (tertiary alicyclic amines) is 1. The number of hydrogen-bond donors (Lipinski definition) is 1. The van der Waals surface area contributed by atoms with E-state index in [2.05, 4.69) is 4.90 Å². The van der Waals surface area contributed by atoms with Crippen molar-refractivity contribution in [1.29, 1.82) is 0 Å². The van der Waals surface area contributed by atoms with Gasteiger partial charge in [0.2, 0.25) is 0 Å². The minimum Gasteiger partial charge on any atom is -0.508 e. The smallest absolute Gasteiger partial charge is 0.176 e. The molecule has 0 aromatic heterocycles. The van der Waals surface area contributed by atoms with Gasteiger partial charge in [0.15, 0.2) is 5.78 Å². The van der Waals surface area contributed by atoms with Crippen LogP contribution in [0.5, 0.6) is 5.75 Å². The highest BCUT2D eigenvalue weighted by atomic mass is 16.5. The monoisotopic (exact) mass is 249 g/mol. The Morgan fingerprint density at radius 3 is 2.50 bits per heavy atom. The molecule has 2 rings (SSSR count). The van der Waals surface area contributed by atoms with E-state index in [1.807, 2.05) is 0 Å². The van der Waals surface area contributed by atoms with E-state index in [1.165, 1.54) is 0 Å². The van der Waals surface area contributed by atoms with E-state index in [4.69, 9.17) is 4.74 Å². The second-order valence-corrected chi connectivity index (χ2v) is 4.68. The summed E-state index contributed by atoms with van der Waals surface area (Å²) in [6.07, 6.45) is 2.31. The van der Waals surface area contributed by atoms with Crippen molar-refractivity contribution in [1.82, 2.24) is 4.90 Å². The van der Waals surface area contributed by atoms with Gasteiger partial charge >= 0.3 is 0 Å². The number of ether oxygens (including phenoxy) is 1. The van der Waals surface area contributed by atoms with E-state index in [0.717, 1.165) is 25.9 Å². The Labute approximate surface area is 107 Å². The summed E-state index contributed by atoms with van der Waals surface area (Å²) in [5.41, 5.74) is 0.654. The minimum absolute atomic E-state index is 0.103. The Kier molecular flexibility index (Phi) is 4.33. The van der Waals surface area contributed by atoms with Gasteiger partial charge in [-0.15, -0.1) is 0 Å². The molecule has 1 fully saturated rings. The summed E-state index contributed by atoms with van der Waals surface area (Å²) in [5.74, 6) is 0.290. The van der Waals surface area contributed by atoms with Gasteiger partial charge in [0.1, 0.15) is 5.75 Å². The maximum absolute atomic E-state index is 12.0. The molecular weight excluding hydrogens is 230 g/mol. The fraction of sp³-hybridized carbons (Fsp3) is 0.500. The number of ketones is 1. The Hall–Kier alpha value is -1.39. The molecule has 1 aliphatic rings. The number of piperidine rings is 1. The standard InChI is InChI=1S/C14H19NO3/c1-18-13-6-8-15(9-7-13)10-14(17)11-2-4-12(16)5-3-11/h2-5,13,16H,6-10H2,1H3. The number of nitrogens with zero attached hydrogens (tertiary/aromatic N) is 1. The number of hydrogen-bond acceptors (Lipinski definition) is 4. The molecule has 18 heavy (non-hydrogen) atoms. The molecule has 1 heterocycles. The molecule has 0 spiro atoms. The average Bonchev–Trinajstić information content (AvgIpc) is 2.40. The first kappa shape index (κ1) is 13.1. The molecule has 98 valence electrons. The highest BCUT2D eigenvalue weighted by Gasteiger charge is 2.20. The summed E-state index contributed by atoms with van der Waals surface area (Å²) in [6, 6.07) is 6.42. The van der Waals surface area contributed by atoms with Crippen LogP contribution in [0.1, 0.15) is 23.2 Å². The Balaban J connectivity index is 1.86. The van der Waals surface area contributed by atoms with Crippen molar-refractivity contribution in [2.75, 3.05) is 26.7 Å². The van der Waals surface area contributed by atoms with Gasteiger partial charge in [-0.05, 0) is 37.1 Å². The van der Waals surface area contributed by atoms with Crippen molar-refractivity contribution in [2.45, 2.75) is 18.9 Å². The molecule has 0 unspecified atom stereocenters. The van der Waals surface area contributed by atoms with Crippen LogP contribution in [0.3, 0.4) is 0 Å². The van der Waals surface area contributed by atoms with Crippen molar-refractivity contribution >= 4 is 5.78 Å². The lowest BCUT2D eigenvalue weighted by atomic mass is 10.1. The largest absolute Gasteiger partial charge is 0.508 e. The summed E-state index contributed by atoms with van der Waals surface area (Å²) in [5, 5.41) is 9.18. The second kappa shape index (κ2) is 5.98. The molecule has 1 saturated heterocycles. The lowest BCUT2D eigenvalue weighted by Gasteiger charge is -2.30. The molecule has 0 atom stereocenters. The molecule has 0 saturated carbocycles. The summed E-state index contributed by atoms with van der Waals surface area (Å²) in [4.78, 5) is 14.2. The first-order valence-electron chi connectivity index (χ1n) is 6.26. The molecule has 0 amide bonds. The number of rotatable bonds is 4. The fourth-order valence-corrected chi connectivity index (χ4v) is 2.24. The number of methoxy groups -OCH3 is 1. The van der Waals surface area contributed by atoms with Gasteiger partial charge in [-0.1, -0.05) is 0 Å². The summed E-state index contributed by atoms with van der Waals surface area (Å²) < 4.78 is 5.30. The Morgan fingerprint density at radius 1 is 1.33 bits per heavy atom. The first-order valence-corrected chi connectivity index (χ1v) is 6.26. The zero-order valence-corrected chi connectivity index (χ0v) is 10.6. The van der Waals surface area contributed by atoms with Crippen LogP contribution in [0.25, 0.3) is 0 Å². The maximum atomic E-state index is 12.0. The highest BCUT2D eigenvalue weighted by Crippen LogP contribution is 2.14.